The number of amides is 1. The molecule has 8 nitrogen and oxygen atoms in total. The van der Waals surface area contributed by atoms with Crippen molar-refractivity contribution in [3.63, 3.8) is 0 Å². The van der Waals surface area contributed by atoms with E-state index in [-0.39, 0.29) is 29.8 Å². The molecule has 1 aromatic rings. The Kier molecular flexibility index (Phi) is 2.79. The molecule has 0 bridgehead atoms. The first-order chi connectivity index (χ1) is 7.93. The van der Waals surface area contributed by atoms with Crippen molar-refractivity contribution in [1.82, 2.24) is 19.2 Å². The second-order valence-electron chi connectivity index (χ2n) is 3.73. The van der Waals surface area contributed by atoms with Crippen LogP contribution >= 0.6 is 0 Å². The molecule has 1 aliphatic heterocycles. The fourth-order valence-electron chi connectivity index (χ4n) is 1.69. The van der Waals surface area contributed by atoms with Crippen molar-refractivity contribution in [1.29, 1.82) is 0 Å². The van der Waals surface area contributed by atoms with Gasteiger partial charge < -0.3 is 15.6 Å². The first-order valence-corrected chi connectivity index (χ1v) is 6.40. The van der Waals surface area contributed by atoms with Crippen LogP contribution in [0, 0.1) is 0 Å². The SMILES string of the molecule is Cn1cnc(N)c1S(=O)(=O)N1CCNC(=O)C1. The number of nitrogen functional groups attached to an aromatic ring is 1. The standard InChI is InChI=1S/C8H13N5O3S/c1-12-5-11-7(9)8(12)17(15,16)13-3-2-10-6(14)4-13/h5H,2-4,9H2,1H3,(H,10,14). The van der Waals surface area contributed by atoms with Crippen LogP contribution in [-0.4, -0.2) is 47.8 Å². The van der Waals surface area contributed by atoms with E-state index in [4.69, 9.17) is 5.73 Å². The van der Waals surface area contributed by atoms with Gasteiger partial charge in [0.05, 0.1) is 12.9 Å². The van der Waals surface area contributed by atoms with Crippen molar-refractivity contribution in [3.05, 3.63) is 6.33 Å². The number of hydrogen-bond donors (Lipinski definition) is 2. The maximum atomic E-state index is 12.2. The number of nitrogens with two attached hydrogens (primary N) is 1. The Morgan fingerprint density at radius 2 is 2.24 bits per heavy atom. The van der Waals surface area contributed by atoms with Crippen LogP contribution in [0.25, 0.3) is 0 Å². The molecule has 17 heavy (non-hydrogen) atoms. The summed E-state index contributed by atoms with van der Waals surface area (Å²) in [6.45, 7) is 0.349. The van der Waals surface area contributed by atoms with Crippen molar-refractivity contribution in [2.75, 3.05) is 25.4 Å². The van der Waals surface area contributed by atoms with Crippen LogP contribution in [0.3, 0.4) is 0 Å². The number of aromatic nitrogens is 2. The van der Waals surface area contributed by atoms with Crippen LogP contribution in [0.15, 0.2) is 11.4 Å². The van der Waals surface area contributed by atoms with E-state index in [0.717, 1.165) is 4.31 Å². The third-order valence-electron chi connectivity index (χ3n) is 2.50. The lowest BCUT2D eigenvalue weighted by Gasteiger charge is -2.25. The Labute approximate surface area is 98.5 Å². The second-order valence-corrected chi connectivity index (χ2v) is 5.59. The average molecular weight is 259 g/mol. The van der Waals surface area contributed by atoms with Gasteiger partial charge in [-0.05, 0) is 0 Å². The van der Waals surface area contributed by atoms with Crippen molar-refractivity contribution < 1.29 is 13.2 Å². The van der Waals surface area contributed by atoms with E-state index < -0.39 is 10.0 Å². The minimum atomic E-state index is -3.76. The molecule has 3 N–H and O–H groups in total. The first-order valence-electron chi connectivity index (χ1n) is 4.96. The zero-order valence-electron chi connectivity index (χ0n) is 9.25. The minimum absolute atomic E-state index is 0.0570. The molecule has 0 unspecified atom stereocenters. The summed E-state index contributed by atoms with van der Waals surface area (Å²) in [6.07, 6.45) is 1.33. The summed E-state index contributed by atoms with van der Waals surface area (Å²) >= 11 is 0. The van der Waals surface area contributed by atoms with E-state index in [1.165, 1.54) is 10.9 Å². The molecule has 1 aliphatic rings. The topological polar surface area (TPSA) is 110 Å². The molecular weight excluding hydrogens is 246 g/mol. The quantitative estimate of drug-likeness (QED) is 0.646. The number of carbonyl (C=O) groups is 1. The number of piperazine rings is 1. The molecule has 0 radical (unpaired) electrons. The number of imidazole rings is 1. The number of nitrogens with one attached hydrogen (secondary N) is 1. The first kappa shape index (κ1) is 11.9. The van der Waals surface area contributed by atoms with Crippen LogP contribution in [-0.2, 0) is 21.9 Å². The molecule has 94 valence electrons. The highest BCUT2D eigenvalue weighted by Gasteiger charge is 2.33. The van der Waals surface area contributed by atoms with Crippen LogP contribution in [0.5, 0.6) is 0 Å². The van der Waals surface area contributed by atoms with E-state index in [1.807, 2.05) is 0 Å². The number of carbonyl (C=O) groups excluding carboxylic acids is 1. The van der Waals surface area contributed by atoms with Gasteiger partial charge in [-0.1, -0.05) is 0 Å². The highest BCUT2D eigenvalue weighted by atomic mass is 32.2. The highest BCUT2D eigenvalue weighted by molar-refractivity contribution is 7.89. The molecule has 0 aliphatic carbocycles. The molecule has 1 saturated heterocycles. The van der Waals surface area contributed by atoms with Gasteiger partial charge in [0.1, 0.15) is 0 Å². The third-order valence-corrected chi connectivity index (χ3v) is 4.47. The van der Waals surface area contributed by atoms with E-state index in [1.54, 1.807) is 7.05 Å². The van der Waals surface area contributed by atoms with Gasteiger partial charge in [-0.25, -0.2) is 13.4 Å². The van der Waals surface area contributed by atoms with Crippen LogP contribution < -0.4 is 11.1 Å². The smallest absolute Gasteiger partial charge is 0.263 e. The van der Waals surface area contributed by atoms with Crippen LogP contribution in [0.1, 0.15) is 0 Å². The van der Waals surface area contributed by atoms with Crippen molar-refractivity contribution in [2.45, 2.75) is 5.03 Å². The third kappa shape index (κ3) is 1.98. The van der Waals surface area contributed by atoms with Gasteiger partial charge in [-0.3, -0.25) is 4.79 Å². The van der Waals surface area contributed by atoms with Crippen LogP contribution in [0.4, 0.5) is 5.82 Å². The summed E-state index contributed by atoms with van der Waals surface area (Å²) in [5.41, 5.74) is 5.53. The van der Waals surface area contributed by atoms with Crippen molar-refractivity contribution >= 4 is 21.7 Å². The molecular formula is C8H13N5O3S. The van der Waals surface area contributed by atoms with E-state index in [2.05, 4.69) is 10.3 Å². The van der Waals surface area contributed by atoms with Gasteiger partial charge in [0.25, 0.3) is 10.0 Å². The number of rotatable bonds is 2. The number of aryl methyl sites for hydroxylation is 1. The molecule has 0 saturated carbocycles. The maximum absolute atomic E-state index is 12.2. The molecule has 0 spiro atoms. The zero-order valence-corrected chi connectivity index (χ0v) is 10.1. The predicted octanol–water partition coefficient (Wildman–Crippen LogP) is -1.88. The van der Waals surface area contributed by atoms with Gasteiger partial charge in [0.2, 0.25) is 5.91 Å². The lowest BCUT2D eigenvalue weighted by molar-refractivity contribution is -0.122. The van der Waals surface area contributed by atoms with E-state index in [0.29, 0.717) is 6.54 Å². The Morgan fingerprint density at radius 1 is 1.53 bits per heavy atom. The van der Waals surface area contributed by atoms with Gasteiger partial charge >= 0.3 is 0 Å². The van der Waals surface area contributed by atoms with Crippen molar-refractivity contribution in [3.8, 4) is 0 Å². The fraction of sp³-hybridized carbons (Fsp3) is 0.500. The summed E-state index contributed by atoms with van der Waals surface area (Å²) in [4.78, 5) is 14.9. The molecule has 1 fully saturated rings. The number of nitrogens with zero attached hydrogens (tertiary/aromatic N) is 3. The van der Waals surface area contributed by atoms with Gasteiger partial charge in [-0.15, -0.1) is 0 Å². The summed E-state index contributed by atoms with van der Waals surface area (Å²) < 4.78 is 26.9. The largest absolute Gasteiger partial charge is 0.381 e. The minimum Gasteiger partial charge on any atom is -0.381 e. The van der Waals surface area contributed by atoms with E-state index in [9.17, 15) is 13.2 Å². The van der Waals surface area contributed by atoms with Gasteiger partial charge in [0, 0.05) is 20.1 Å². The molecule has 1 aromatic heterocycles. The molecule has 2 rings (SSSR count). The summed E-state index contributed by atoms with van der Waals surface area (Å²) in [5, 5.41) is 2.48. The lowest BCUT2D eigenvalue weighted by Crippen LogP contribution is -2.50. The predicted molar refractivity (Wildman–Crippen MR) is 59.4 cm³/mol. The Hall–Kier alpha value is -1.61. The molecule has 9 heteroatoms. The maximum Gasteiger partial charge on any atom is 0.263 e. The number of hydrogen-bond acceptors (Lipinski definition) is 5. The molecule has 0 aromatic carbocycles. The van der Waals surface area contributed by atoms with Gasteiger partial charge in [0.15, 0.2) is 10.8 Å². The monoisotopic (exact) mass is 259 g/mol. The zero-order chi connectivity index (χ0) is 12.6. The Balaban J connectivity index is 2.40. The van der Waals surface area contributed by atoms with Crippen molar-refractivity contribution in [2.24, 2.45) is 7.05 Å². The average Bonchev–Trinajstić information content (AvgIpc) is 2.59. The molecule has 2 heterocycles. The Morgan fingerprint density at radius 3 is 2.76 bits per heavy atom. The summed E-state index contributed by atoms with van der Waals surface area (Å²) in [7, 11) is -2.22. The lowest BCUT2D eigenvalue weighted by atomic mass is 10.4. The number of sulfonamides is 1. The fourth-order valence-corrected chi connectivity index (χ4v) is 3.29. The Bertz CT molecular complexity index is 530. The van der Waals surface area contributed by atoms with E-state index >= 15 is 0 Å². The number of anilines is 1. The highest BCUT2D eigenvalue weighted by Crippen LogP contribution is 2.20. The van der Waals surface area contributed by atoms with Crippen LogP contribution in [0.2, 0.25) is 0 Å². The van der Waals surface area contributed by atoms with Gasteiger partial charge in [-0.2, -0.15) is 4.31 Å². The summed E-state index contributed by atoms with van der Waals surface area (Å²) in [6, 6.07) is 0. The summed E-state index contributed by atoms with van der Waals surface area (Å²) in [5.74, 6) is -0.376. The molecule has 1 amide bonds. The molecule has 0 atom stereocenters. The normalized spacial score (nSPS) is 18.1. The second kappa shape index (κ2) is 4.00.